The monoisotopic (exact) mass is 268 g/mol. The molecule has 2 rings (SSSR count). The molecular formula is C15H28N2O2. The van der Waals surface area contributed by atoms with E-state index in [1.165, 1.54) is 25.7 Å². The van der Waals surface area contributed by atoms with Crippen molar-refractivity contribution in [3.05, 3.63) is 0 Å². The third kappa shape index (κ3) is 5.49. The Kier molecular flexibility index (Phi) is 6.11. The van der Waals surface area contributed by atoms with Crippen LogP contribution >= 0.6 is 0 Å². The molecule has 4 nitrogen and oxygen atoms in total. The van der Waals surface area contributed by atoms with E-state index in [-0.39, 0.29) is 11.9 Å². The average Bonchev–Trinajstić information content (AvgIpc) is 2.42. The lowest BCUT2D eigenvalue weighted by Gasteiger charge is -2.26. The molecule has 2 fully saturated rings. The van der Waals surface area contributed by atoms with E-state index in [0.717, 1.165) is 38.0 Å². The molecule has 1 saturated heterocycles. The summed E-state index contributed by atoms with van der Waals surface area (Å²) >= 11 is 0. The number of hydrogen-bond acceptors (Lipinski definition) is 3. The Balaban J connectivity index is 1.53. The fourth-order valence-electron chi connectivity index (χ4n) is 3.08. The van der Waals surface area contributed by atoms with E-state index in [4.69, 9.17) is 4.74 Å². The Morgan fingerprint density at radius 3 is 2.79 bits per heavy atom. The molecule has 110 valence electrons. The van der Waals surface area contributed by atoms with Crippen LogP contribution in [0.15, 0.2) is 0 Å². The molecule has 2 aliphatic rings. The maximum Gasteiger partial charge on any atom is 0.221 e. The van der Waals surface area contributed by atoms with Crippen molar-refractivity contribution in [2.45, 2.75) is 51.5 Å². The van der Waals surface area contributed by atoms with Crippen LogP contribution in [0.5, 0.6) is 0 Å². The summed E-state index contributed by atoms with van der Waals surface area (Å²) in [6, 6.07) is 0.198. The number of rotatable bonds is 5. The molecule has 1 amide bonds. The van der Waals surface area contributed by atoms with Gasteiger partial charge in [-0.15, -0.1) is 0 Å². The van der Waals surface area contributed by atoms with E-state index < -0.39 is 0 Å². The third-order valence-corrected chi connectivity index (χ3v) is 4.44. The van der Waals surface area contributed by atoms with Crippen LogP contribution in [0.1, 0.15) is 45.4 Å². The maximum absolute atomic E-state index is 11.8. The number of hydrogen-bond donors (Lipinski definition) is 2. The van der Waals surface area contributed by atoms with Crippen LogP contribution in [-0.4, -0.2) is 38.3 Å². The van der Waals surface area contributed by atoms with E-state index >= 15 is 0 Å². The van der Waals surface area contributed by atoms with E-state index in [0.29, 0.717) is 13.0 Å². The number of amides is 1. The fraction of sp³-hybridized carbons (Fsp3) is 0.933. The first kappa shape index (κ1) is 14.8. The minimum absolute atomic E-state index is 0.159. The molecule has 1 aliphatic carbocycles. The summed E-state index contributed by atoms with van der Waals surface area (Å²) in [5, 5.41) is 6.36. The van der Waals surface area contributed by atoms with Gasteiger partial charge in [-0.2, -0.15) is 0 Å². The minimum Gasteiger partial charge on any atom is -0.378 e. The van der Waals surface area contributed by atoms with Gasteiger partial charge in [0.05, 0.1) is 13.2 Å². The van der Waals surface area contributed by atoms with Crippen molar-refractivity contribution in [1.82, 2.24) is 10.6 Å². The molecule has 1 heterocycles. The second-order valence-electron chi connectivity index (χ2n) is 6.19. The van der Waals surface area contributed by atoms with Crippen molar-refractivity contribution in [3.8, 4) is 0 Å². The van der Waals surface area contributed by atoms with Crippen LogP contribution in [0.25, 0.3) is 0 Å². The highest BCUT2D eigenvalue weighted by atomic mass is 16.5. The Bertz CT molecular complexity index is 269. The average molecular weight is 268 g/mol. The molecule has 0 aromatic carbocycles. The molecule has 2 N–H and O–H groups in total. The van der Waals surface area contributed by atoms with E-state index in [1.807, 2.05) is 0 Å². The van der Waals surface area contributed by atoms with Crippen molar-refractivity contribution >= 4 is 5.91 Å². The van der Waals surface area contributed by atoms with Crippen molar-refractivity contribution in [1.29, 1.82) is 0 Å². The van der Waals surface area contributed by atoms with Gasteiger partial charge in [-0.1, -0.05) is 32.6 Å². The fourth-order valence-corrected chi connectivity index (χ4v) is 3.08. The summed E-state index contributed by atoms with van der Waals surface area (Å²) in [5.41, 5.74) is 0. The lowest BCUT2D eigenvalue weighted by molar-refractivity contribution is -0.122. The topological polar surface area (TPSA) is 50.4 Å². The van der Waals surface area contributed by atoms with Gasteiger partial charge in [0.15, 0.2) is 0 Å². The van der Waals surface area contributed by atoms with Gasteiger partial charge in [-0.05, 0) is 18.3 Å². The van der Waals surface area contributed by atoms with Crippen molar-refractivity contribution in [3.63, 3.8) is 0 Å². The molecule has 4 heteroatoms. The van der Waals surface area contributed by atoms with Gasteiger partial charge in [-0.3, -0.25) is 4.79 Å². The van der Waals surface area contributed by atoms with E-state index in [2.05, 4.69) is 17.6 Å². The number of morpholine rings is 1. The lowest BCUT2D eigenvalue weighted by atomic mass is 9.81. The highest BCUT2D eigenvalue weighted by Gasteiger charge is 2.19. The molecule has 0 bridgehead atoms. The highest BCUT2D eigenvalue weighted by molar-refractivity contribution is 5.76. The summed E-state index contributed by atoms with van der Waals surface area (Å²) in [6.45, 7) is 5.47. The molecule has 0 aromatic rings. The summed E-state index contributed by atoms with van der Waals surface area (Å²) in [6.07, 6.45) is 7.10. The normalized spacial score (nSPS) is 31.9. The first-order chi connectivity index (χ1) is 9.24. The zero-order valence-corrected chi connectivity index (χ0v) is 12.1. The third-order valence-electron chi connectivity index (χ3n) is 4.44. The molecule has 0 spiro atoms. The largest absolute Gasteiger partial charge is 0.378 e. The molecule has 1 unspecified atom stereocenters. The number of nitrogens with one attached hydrogen (secondary N) is 2. The zero-order chi connectivity index (χ0) is 13.5. The van der Waals surface area contributed by atoms with Crippen LogP contribution < -0.4 is 10.6 Å². The summed E-state index contributed by atoms with van der Waals surface area (Å²) in [5.74, 6) is 1.89. The summed E-state index contributed by atoms with van der Waals surface area (Å²) < 4.78 is 5.35. The predicted octanol–water partition coefficient (Wildman–Crippen LogP) is 1.70. The maximum atomic E-state index is 11.8. The van der Waals surface area contributed by atoms with Gasteiger partial charge in [-0.25, -0.2) is 0 Å². The van der Waals surface area contributed by atoms with Crippen molar-refractivity contribution in [2.75, 3.05) is 26.3 Å². The van der Waals surface area contributed by atoms with Crippen LogP contribution in [-0.2, 0) is 9.53 Å². The Hall–Kier alpha value is -0.610. The van der Waals surface area contributed by atoms with Gasteiger partial charge in [0.1, 0.15) is 0 Å². The highest BCUT2D eigenvalue weighted by Crippen LogP contribution is 2.29. The molecular weight excluding hydrogens is 240 g/mol. The Labute approximate surface area is 116 Å². The second kappa shape index (κ2) is 7.85. The van der Waals surface area contributed by atoms with Crippen LogP contribution in [0.2, 0.25) is 0 Å². The Morgan fingerprint density at radius 1 is 1.32 bits per heavy atom. The van der Waals surface area contributed by atoms with E-state index in [9.17, 15) is 4.79 Å². The number of carbonyl (C=O) groups excluding carboxylic acids is 1. The quantitative estimate of drug-likeness (QED) is 0.798. The van der Waals surface area contributed by atoms with Crippen molar-refractivity contribution < 1.29 is 9.53 Å². The SMILES string of the molecule is CC1CCC(CCNC(=O)CC2COCCN2)CC1. The van der Waals surface area contributed by atoms with Gasteiger partial charge in [0, 0.05) is 25.6 Å². The molecule has 1 aliphatic heterocycles. The standard InChI is InChI=1S/C15H28N2O2/c1-12-2-4-13(5-3-12)6-7-17-15(18)10-14-11-19-9-8-16-14/h12-14,16H,2-11H2,1H3,(H,17,18). The summed E-state index contributed by atoms with van der Waals surface area (Å²) in [7, 11) is 0. The summed E-state index contributed by atoms with van der Waals surface area (Å²) in [4.78, 5) is 11.8. The molecule has 1 atom stereocenters. The van der Waals surface area contributed by atoms with Crippen LogP contribution in [0, 0.1) is 11.8 Å². The lowest BCUT2D eigenvalue weighted by Crippen LogP contribution is -2.44. The van der Waals surface area contributed by atoms with Crippen molar-refractivity contribution in [2.24, 2.45) is 11.8 Å². The molecule has 19 heavy (non-hydrogen) atoms. The smallest absolute Gasteiger partial charge is 0.221 e. The number of carbonyl (C=O) groups is 1. The minimum atomic E-state index is 0.159. The van der Waals surface area contributed by atoms with E-state index in [1.54, 1.807) is 0 Å². The Morgan fingerprint density at radius 2 is 2.11 bits per heavy atom. The molecule has 1 saturated carbocycles. The first-order valence-electron chi connectivity index (χ1n) is 7.82. The predicted molar refractivity (Wildman–Crippen MR) is 76.0 cm³/mol. The van der Waals surface area contributed by atoms with Gasteiger partial charge in [0.25, 0.3) is 0 Å². The van der Waals surface area contributed by atoms with Gasteiger partial charge < -0.3 is 15.4 Å². The molecule has 0 aromatic heterocycles. The first-order valence-corrected chi connectivity index (χ1v) is 7.82. The molecule has 0 radical (unpaired) electrons. The van der Waals surface area contributed by atoms with Gasteiger partial charge >= 0.3 is 0 Å². The second-order valence-corrected chi connectivity index (χ2v) is 6.19. The van der Waals surface area contributed by atoms with Gasteiger partial charge in [0.2, 0.25) is 5.91 Å². The zero-order valence-electron chi connectivity index (χ0n) is 12.1. The van der Waals surface area contributed by atoms with Crippen LogP contribution in [0.4, 0.5) is 0 Å². The van der Waals surface area contributed by atoms with Crippen LogP contribution in [0.3, 0.4) is 0 Å². The number of ether oxygens (including phenoxy) is 1.